The molecule has 82 valence electrons. The summed E-state index contributed by atoms with van der Waals surface area (Å²) in [5.41, 5.74) is 12.3. The number of hydrogen-bond donors (Lipinski definition) is 2. The van der Waals surface area contributed by atoms with E-state index in [4.69, 9.17) is 23.1 Å². The first-order chi connectivity index (χ1) is 6.99. The van der Waals surface area contributed by atoms with Gasteiger partial charge < -0.3 is 11.5 Å². The molecule has 0 saturated heterocycles. The van der Waals surface area contributed by atoms with Crippen LogP contribution < -0.4 is 11.5 Å². The molecule has 0 spiro atoms. The smallest absolute Gasteiger partial charge is 0.231 e. The molecule has 0 bridgehead atoms. The summed E-state index contributed by atoms with van der Waals surface area (Å²) in [5.74, 6) is -0.363. The van der Waals surface area contributed by atoms with Crippen molar-refractivity contribution in [1.29, 1.82) is 0 Å². The molecule has 0 heterocycles. The first-order valence-corrected chi connectivity index (χ1v) is 4.87. The van der Waals surface area contributed by atoms with Crippen molar-refractivity contribution in [3.8, 4) is 0 Å². The van der Waals surface area contributed by atoms with E-state index in [9.17, 15) is 4.79 Å². The normalized spacial score (nSPS) is 10.6. The molecule has 0 radical (unpaired) electrons. The molecule has 0 fully saturated rings. The summed E-state index contributed by atoms with van der Waals surface area (Å²) in [4.78, 5) is 12.5. The van der Waals surface area contributed by atoms with Gasteiger partial charge in [-0.05, 0) is 30.8 Å². The van der Waals surface area contributed by atoms with Crippen LogP contribution in [0, 0.1) is 0 Å². The minimum absolute atomic E-state index is 0.200. The van der Waals surface area contributed by atoms with Crippen LogP contribution in [0.5, 0.6) is 0 Å². The molecule has 15 heavy (non-hydrogen) atoms. The van der Waals surface area contributed by atoms with Crippen molar-refractivity contribution in [2.24, 2.45) is 5.73 Å². The highest BCUT2D eigenvalue weighted by Gasteiger charge is 2.06. The molecule has 1 amide bonds. The van der Waals surface area contributed by atoms with Crippen LogP contribution in [0.2, 0.25) is 5.02 Å². The topological polar surface area (TPSA) is 72.3 Å². The van der Waals surface area contributed by atoms with E-state index in [2.05, 4.69) is 0 Å². The Labute approximate surface area is 93.8 Å². The van der Waals surface area contributed by atoms with Gasteiger partial charge in [0.25, 0.3) is 0 Å². The van der Waals surface area contributed by atoms with Crippen LogP contribution in [0.15, 0.2) is 18.2 Å². The number of amides is 1. The predicted molar refractivity (Wildman–Crippen MR) is 61.4 cm³/mol. The molecule has 4 N–H and O–H groups in total. The molecule has 0 aromatic heterocycles. The Morgan fingerprint density at radius 1 is 1.53 bits per heavy atom. The second-order valence-corrected chi connectivity index (χ2v) is 3.90. The van der Waals surface area contributed by atoms with Gasteiger partial charge in [-0.15, -0.1) is 0 Å². The zero-order chi connectivity index (χ0) is 11.4. The third kappa shape index (κ3) is 3.77. The number of anilines is 1. The van der Waals surface area contributed by atoms with E-state index in [-0.39, 0.29) is 12.5 Å². The van der Waals surface area contributed by atoms with E-state index in [1.54, 1.807) is 30.1 Å². The third-order valence-corrected chi connectivity index (χ3v) is 2.30. The Kier molecular flexibility index (Phi) is 3.94. The van der Waals surface area contributed by atoms with Crippen molar-refractivity contribution in [3.63, 3.8) is 0 Å². The number of benzene rings is 1. The molecule has 5 heteroatoms. The fourth-order valence-corrected chi connectivity index (χ4v) is 1.51. The molecule has 1 aromatic carbocycles. The summed E-state index contributed by atoms with van der Waals surface area (Å²) >= 11 is 5.98. The van der Waals surface area contributed by atoms with E-state index in [0.717, 1.165) is 5.56 Å². The van der Waals surface area contributed by atoms with Gasteiger partial charge in [0.15, 0.2) is 0 Å². The van der Waals surface area contributed by atoms with E-state index in [1.165, 1.54) is 0 Å². The lowest BCUT2D eigenvalue weighted by molar-refractivity contribution is -0.118. The van der Waals surface area contributed by atoms with Crippen LogP contribution >= 0.6 is 11.6 Å². The maximum absolute atomic E-state index is 10.7. The average Bonchev–Trinajstić information content (AvgIpc) is 2.10. The fourth-order valence-electron chi connectivity index (χ4n) is 1.33. The number of nitrogens with zero attached hydrogens (tertiary/aromatic N) is 1. The van der Waals surface area contributed by atoms with Crippen LogP contribution in [0.4, 0.5) is 5.69 Å². The van der Waals surface area contributed by atoms with Gasteiger partial charge in [-0.2, -0.15) is 0 Å². The number of hydrogen-bond acceptors (Lipinski definition) is 3. The predicted octanol–water partition coefficient (Wildman–Crippen LogP) is 0.839. The highest BCUT2D eigenvalue weighted by molar-refractivity contribution is 6.31. The number of halogens is 1. The van der Waals surface area contributed by atoms with Crippen LogP contribution in [0.1, 0.15) is 5.56 Å². The molecule has 0 aliphatic carbocycles. The summed E-state index contributed by atoms with van der Waals surface area (Å²) in [6.45, 7) is 0.748. The summed E-state index contributed by atoms with van der Waals surface area (Å²) in [5, 5.41) is 0.639. The van der Waals surface area contributed by atoms with Crippen molar-refractivity contribution in [1.82, 2.24) is 4.90 Å². The van der Waals surface area contributed by atoms with Crippen LogP contribution in [-0.2, 0) is 11.3 Å². The van der Waals surface area contributed by atoms with Gasteiger partial charge in [0.1, 0.15) is 0 Å². The molecule has 0 aliphatic rings. The van der Waals surface area contributed by atoms with Gasteiger partial charge in [-0.1, -0.05) is 11.6 Å². The van der Waals surface area contributed by atoms with Crippen molar-refractivity contribution < 1.29 is 4.79 Å². The Hall–Kier alpha value is -1.26. The number of carbonyl (C=O) groups excluding carboxylic acids is 1. The maximum Gasteiger partial charge on any atom is 0.231 e. The molecular weight excluding hydrogens is 214 g/mol. The summed E-state index contributed by atoms with van der Waals surface area (Å²) in [6.07, 6.45) is 0. The maximum atomic E-state index is 10.7. The molecule has 1 aromatic rings. The molecule has 1 rings (SSSR count). The van der Waals surface area contributed by atoms with Gasteiger partial charge in [0.2, 0.25) is 5.91 Å². The van der Waals surface area contributed by atoms with Crippen LogP contribution in [-0.4, -0.2) is 24.4 Å². The lowest BCUT2D eigenvalue weighted by Gasteiger charge is -2.15. The van der Waals surface area contributed by atoms with Crippen LogP contribution in [0.3, 0.4) is 0 Å². The fraction of sp³-hybridized carbons (Fsp3) is 0.300. The Bertz CT molecular complexity index is 368. The third-order valence-electron chi connectivity index (χ3n) is 1.94. The highest BCUT2D eigenvalue weighted by Crippen LogP contribution is 2.19. The van der Waals surface area contributed by atoms with E-state index in [0.29, 0.717) is 17.3 Å². The second kappa shape index (κ2) is 5.00. The molecule has 0 aliphatic heterocycles. The second-order valence-electron chi connectivity index (χ2n) is 3.49. The van der Waals surface area contributed by atoms with Gasteiger partial charge in [-0.3, -0.25) is 9.69 Å². The minimum Gasteiger partial charge on any atom is -0.399 e. The zero-order valence-electron chi connectivity index (χ0n) is 8.53. The minimum atomic E-state index is -0.363. The molecule has 4 nitrogen and oxygen atoms in total. The van der Waals surface area contributed by atoms with Crippen molar-refractivity contribution >= 4 is 23.2 Å². The monoisotopic (exact) mass is 227 g/mol. The molecule has 0 saturated carbocycles. The number of carbonyl (C=O) groups is 1. The standard InChI is InChI=1S/C10H14ClN3O/c1-14(6-10(13)15)5-7-4-8(12)2-3-9(7)11/h2-4H,5-6,12H2,1H3,(H2,13,15). The number of nitrogens with two attached hydrogens (primary N) is 2. The summed E-state index contributed by atoms with van der Waals surface area (Å²) < 4.78 is 0. The quantitative estimate of drug-likeness (QED) is 0.749. The lowest BCUT2D eigenvalue weighted by atomic mass is 10.2. The Morgan fingerprint density at radius 3 is 2.80 bits per heavy atom. The summed E-state index contributed by atoms with van der Waals surface area (Å²) in [7, 11) is 1.80. The molecular formula is C10H14ClN3O. The van der Waals surface area contributed by atoms with Gasteiger partial charge in [-0.25, -0.2) is 0 Å². The largest absolute Gasteiger partial charge is 0.399 e. The van der Waals surface area contributed by atoms with E-state index >= 15 is 0 Å². The SMILES string of the molecule is CN(CC(N)=O)Cc1cc(N)ccc1Cl. The van der Waals surface area contributed by atoms with E-state index in [1.807, 2.05) is 0 Å². The number of nitrogen functional groups attached to an aromatic ring is 1. The Morgan fingerprint density at radius 2 is 2.20 bits per heavy atom. The van der Waals surface area contributed by atoms with Gasteiger partial charge >= 0.3 is 0 Å². The first-order valence-electron chi connectivity index (χ1n) is 4.50. The van der Waals surface area contributed by atoms with E-state index < -0.39 is 0 Å². The van der Waals surface area contributed by atoms with Gasteiger partial charge in [0.05, 0.1) is 6.54 Å². The van der Waals surface area contributed by atoms with Gasteiger partial charge in [0, 0.05) is 17.3 Å². The van der Waals surface area contributed by atoms with Crippen LogP contribution in [0.25, 0.3) is 0 Å². The first kappa shape index (κ1) is 11.8. The number of likely N-dealkylation sites (N-methyl/N-ethyl adjacent to an activating group) is 1. The molecule has 0 unspecified atom stereocenters. The zero-order valence-corrected chi connectivity index (χ0v) is 9.29. The lowest BCUT2D eigenvalue weighted by Crippen LogP contribution is -2.30. The van der Waals surface area contributed by atoms with Crippen molar-refractivity contribution in [3.05, 3.63) is 28.8 Å². The highest BCUT2D eigenvalue weighted by atomic mass is 35.5. The van der Waals surface area contributed by atoms with Crippen molar-refractivity contribution in [2.75, 3.05) is 19.3 Å². The van der Waals surface area contributed by atoms with Crippen molar-refractivity contribution in [2.45, 2.75) is 6.54 Å². The molecule has 0 atom stereocenters. The Balaban J connectivity index is 2.71. The number of primary amides is 1. The number of rotatable bonds is 4. The average molecular weight is 228 g/mol. The summed E-state index contributed by atoms with van der Waals surface area (Å²) in [6, 6.07) is 5.27.